The van der Waals surface area contributed by atoms with Crippen LogP contribution in [0.4, 0.5) is 0 Å². The molecule has 4 heteroatoms. The summed E-state index contributed by atoms with van der Waals surface area (Å²) in [5.41, 5.74) is 0.701. The van der Waals surface area contributed by atoms with E-state index in [1.807, 2.05) is 0 Å². The van der Waals surface area contributed by atoms with Gasteiger partial charge in [0.25, 0.3) is 0 Å². The summed E-state index contributed by atoms with van der Waals surface area (Å²) in [6, 6.07) is 0. The molecule has 0 bridgehead atoms. The molecule has 0 saturated heterocycles. The maximum absolute atomic E-state index is 11.5. The van der Waals surface area contributed by atoms with E-state index in [4.69, 9.17) is 9.47 Å². The highest BCUT2D eigenvalue weighted by molar-refractivity contribution is 5.88. The lowest BCUT2D eigenvalue weighted by atomic mass is 9.93. The van der Waals surface area contributed by atoms with Gasteiger partial charge in [0.2, 0.25) is 0 Å². The van der Waals surface area contributed by atoms with E-state index >= 15 is 0 Å². The van der Waals surface area contributed by atoms with Gasteiger partial charge in [-0.3, -0.25) is 4.79 Å². The van der Waals surface area contributed by atoms with Gasteiger partial charge in [-0.15, -0.1) is 0 Å². The van der Waals surface area contributed by atoms with Gasteiger partial charge in [0.1, 0.15) is 12.0 Å². The lowest BCUT2D eigenvalue weighted by Gasteiger charge is -2.26. The Labute approximate surface area is 82.9 Å². The molecule has 0 aromatic heterocycles. The molecule has 0 saturated carbocycles. The van der Waals surface area contributed by atoms with Crippen molar-refractivity contribution in [2.75, 3.05) is 6.61 Å². The quantitative estimate of drug-likeness (QED) is 0.622. The third-order valence-electron chi connectivity index (χ3n) is 2.15. The second-order valence-corrected chi connectivity index (χ2v) is 3.26. The van der Waals surface area contributed by atoms with Gasteiger partial charge in [-0.25, -0.2) is 4.79 Å². The number of rotatable bonds is 2. The number of esters is 2. The zero-order chi connectivity index (χ0) is 10.7. The summed E-state index contributed by atoms with van der Waals surface area (Å²) in [4.78, 5) is 22.4. The molecule has 0 fully saturated rings. The molecule has 0 aromatic carbocycles. The molecule has 4 nitrogen and oxygen atoms in total. The molecule has 0 amide bonds. The summed E-state index contributed by atoms with van der Waals surface area (Å²) in [6.45, 7) is 5.51. The molecule has 14 heavy (non-hydrogen) atoms. The third-order valence-corrected chi connectivity index (χ3v) is 2.15. The van der Waals surface area contributed by atoms with E-state index in [1.54, 1.807) is 20.8 Å². The molecule has 0 unspecified atom stereocenters. The normalized spacial score (nSPS) is 26.5. The Balaban J connectivity index is 2.81. The average Bonchev–Trinajstić information content (AvgIpc) is 2.01. The fraction of sp³-hybridized carbons (Fsp3) is 0.600. The first-order valence-corrected chi connectivity index (χ1v) is 4.61. The van der Waals surface area contributed by atoms with Gasteiger partial charge in [0.15, 0.2) is 0 Å². The first-order chi connectivity index (χ1) is 6.56. The van der Waals surface area contributed by atoms with Crippen molar-refractivity contribution in [1.29, 1.82) is 0 Å². The SMILES string of the molecule is CCOC(=O)[C@@H]1C(C)=CC(=O)O[C@@H]1C. The van der Waals surface area contributed by atoms with Crippen LogP contribution in [0.15, 0.2) is 11.6 Å². The van der Waals surface area contributed by atoms with Crippen molar-refractivity contribution < 1.29 is 19.1 Å². The van der Waals surface area contributed by atoms with E-state index in [2.05, 4.69) is 0 Å². The van der Waals surface area contributed by atoms with E-state index in [0.717, 1.165) is 0 Å². The first kappa shape index (κ1) is 10.8. The van der Waals surface area contributed by atoms with Crippen LogP contribution < -0.4 is 0 Å². The molecule has 0 aliphatic carbocycles. The third kappa shape index (κ3) is 2.13. The second-order valence-electron chi connectivity index (χ2n) is 3.26. The standard InChI is InChI=1S/C10H14O4/c1-4-13-10(12)9-6(2)5-8(11)14-7(9)3/h5,7,9H,4H2,1-3H3/t7-,9-/m1/s1. The predicted octanol–water partition coefficient (Wildman–Crippen LogP) is 1.06. The van der Waals surface area contributed by atoms with Crippen molar-refractivity contribution in [1.82, 2.24) is 0 Å². The topological polar surface area (TPSA) is 52.6 Å². The summed E-state index contributed by atoms with van der Waals surface area (Å²) < 4.78 is 9.81. The Morgan fingerprint density at radius 3 is 2.79 bits per heavy atom. The van der Waals surface area contributed by atoms with Crippen molar-refractivity contribution in [2.45, 2.75) is 26.9 Å². The fourth-order valence-electron chi connectivity index (χ4n) is 1.54. The summed E-state index contributed by atoms with van der Waals surface area (Å²) in [6.07, 6.45) is 0.897. The highest BCUT2D eigenvalue weighted by Crippen LogP contribution is 2.23. The monoisotopic (exact) mass is 198 g/mol. The van der Waals surface area contributed by atoms with Crippen LogP contribution >= 0.6 is 0 Å². The first-order valence-electron chi connectivity index (χ1n) is 4.61. The second kappa shape index (κ2) is 4.26. The fourth-order valence-corrected chi connectivity index (χ4v) is 1.54. The molecule has 78 valence electrons. The molecule has 1 heterocycles. The number of hydrogen-bond acceptors (Lipinski definition) is 4. The van der Waals surface area contributed by atoms with E-state index in [-0.39, 0.29) is 5.97 Å². The molecule has 2 atom stereocenters. The number of cyclic esters (lactones) is 1. The summed E-state index contributed by atoms with van der Waals surface area (Å²) >= 11 is 0. The molecule has 0 aromatic rings. The van der Waals surface area contributed by atoms with Crippen molar-refractivity contribution in [2.24, 2.45) is 5.92 Å². The highest BCUT2D eigenvalue weighted by Gasteiger charge is 2.34. The van der Waals surface area contributed by atoms with Crippen molar-refractivity contribution in [3.05, 3.63) is 11.6 Å². The summed E-state index contributed by atoms with van der Waals surface area (Å²) in [7, 11) is 0. The van der Waals surface area contributed by atoms with Crippen LogP contribution in [0.5, 0.6) is 0 Å². The Bertz CT molecular complexity index is 280. The minimum Gasteiger partial charge on any atom is -0.465 e. The lowest BCUT2D eigenvalue weighted by molar-refractivity contribution is -0.157. The highest BCUT2D eigenvalue weighted by atomic mass is 16.6. The molecule has 0 spiro atoms. The van der Waals surface area contributed by atoms with Crippen LogP contribution in [0.3, 0.4) is 0 Å². The predicted molar refractivity (Wildman–Crippen MR) is 49.4 cm³/mol. The smallest absolute Gasteiger partial charge is 0.331 e. The van der Waals surface area contributed by atoms with Gasteiger partial charge in [-0.1, -0.05) is 0 Å². The number of carbonyl (C=O) groups excluding carboxylic acids is 2. The largest absolute Gasteiger partial charge is 0.465 e. The Morgan fingerprint density at radius 2 is 2.29 bits per heavy atom. The van der Waals surface area contributed by atoms with Gasteiger partial charge in [0, 0.05) is 6.08 Å². The molecule has 1 rings (SSSR count). The average molecular weight is 198 g/mol. The van der Waals surface area contributed by atoms with Gasteiger partial charge in [-0.2, -0.15) is 0 Å². The zero-order valence-corrected chi connectivity index (χ0v) is 8.57. The van der Waals surface area contributed by atoms with Crippen LogP contribution in [0, 0.1) is 5.92 Å². The van der Waals surface area contributed by atoms with Crippen LogP contribution in [0.1, 0.15) is 20.8 Å². The number of ether oxygens (including phenoxy) is 2. The molecule has 1 aliphatic heterocycles. The molecular formula is C10H14O4. The zero-order valence-electron chi connectivity index (χ0n) is 8.57. The van der Waals surface area contributed by atoms with Crippen molar-refractivity contribution in [3.8, 4) is 0 Å². The molecule has 1 aliphatic rings. The van der Waals surface area contributed by atoms with E-state index in [9.17, 15) is 9.59 Å². The summed E-state index contributed by atoms with van der Waals surface area (Å²) in [5.74, 6) is -1.18. The number of hydrogen-bond donors (Lipinski definition) is 0. The number of carbonyl (C=O) groups is 2. The van der Waals surface area contributed by atoms with Crippen molar-refractivity contribution in [3.63, 3.8) is 0 Å². The van der Waals surface area contributed by atoms with E-state index in [1.165, 1.54) is 6.08 Å². The minimum absolute atomic E-state index is 0.332. The lowest BCUT2D eigenvalue weighted by Crippen LogP contribution is -2.35. The van der Waals surface area contributed by atoms with E-state index < -0.39 is 18.0 Å². The van der Waals surface area contributed by atoms with Crippen molar-refractivity contribution >= 4 is 11.9 Å². The van der Waals surface area contributed by atoms with Gasteiger partial charge in [0.05, 0.1) is 6.61 Å². The van der Waals surface area contributed by atoms with Gasteiger partial charge < -0.3 is 9.47 Å². The van der Waals surface area contributed by atoms with Gasteiger partial charge in [-0.05, 0) is 26.3 Å². The molecular weight excluding hydrogens is 184 g/mol. The van der Waals surface area contributed by atoms with Crippen LogP contribution in [-0.4, -0.2) is 24.6 Å². The maximum atomic E-state index is 11.5. The van der Waals surface area contributed by atoms with E-state index in [0.29, 0.717) is 12.2 Å². The maximum Gasteiger partial charge on any atom is 0.331 e. The molecule has 0 N–H and O–H groups in total. The summed E-state index contributed by atoms with van der Waals surface area (Å²) in [5, 5.41) is 0. The van der Waals surface area contributed by atoms with Crippen LogP contribution in [0.2, 0.25) is 0 Å². The Hall–Kier alpha value is -1.32. The Morgan fingerprint density at radius 1 is 1.64 bits per heavy atom. The van der Waals surface area contributed by atoms with Crippen LogP contribution in [-0.2, 0) is 19.1 Å². The minimum atomic E-state index is -0.451. The molecule has 0 radical (unpaired) electrons. The Kier molecular flexibility index (Phi) is 3.28. The van der Waals surface area contributed by atoms with Crippen LogP contribution in [0.25, 0.3) is 0 Å². The van der Waals surface area contributed by atoms with Gasteiger partial charge >= 0.3 is 11.9 Å².